The first kappa shape index (κ1) is 27.4. The van der Waals surface area contributed by atoms with E-state index in [1.165, 1.54) is 0 Å². The van der Waals surface area contributed by atoms with Crippen LogP contribution in [0.3, 0.4) is 0 Å². The predicted octanol–water partition coefficient (Wildman–Crippen LogP) is 0.972. The number of amides is 1. The maximum Gasteiger partial charge on any atom is 0.222 e. The van der Waals surface area contributed by atoms with E-state index in [9.17, 15) is 13.2 Å². The molecule has 1 fully saturated rings. The smallest absolute Gasteiger partial charge is 0.222 e. The SMILES string of the molecule is CN=C(NCCCN(C(C)C)C(C)C)NCCC(=O)NC1CCS(=O)(=O)C1.I. The van der Waals surface area contributed by atoms with Crippen LogP contribution in [-0.2, 0) is 14.6 Å². The number of hydrogen-bond donors (Lipinski definition) is 3. The number of rotatable bonds is 10. The molecule has 0 spiro atoms. The zero-order chi connectivity index (χ0) is 20.4. The molecule has 1 rings (SSSR count). The molecule has 0 aliphatic carbocycles. The topological polar surface area (TPSA) is 103 Å². The fraction of sp³-hybridized carbons (Fsp3) is 0.889. The second-order valence-corrected chi connectivity index (χ2v) is 9.85. The molecule has 1 saturated heterocycles. The first-order chi connectivity index (χ1) is 12.6. The number of aliphatic imine (C=N–C) groups is 1. The van der Waals surface area contributed by atoms with Crippen LogP contribution in [0.15, 0.2) is 4.99 Å². The Morgan fingerprint density at radius 2 is 1.75 bits per heavy atom. The molecule has 28 heavy (non-hydrogen) atoms. The number of guanidine groups is 1. The lowest BCUT2D eigenvalue weighted by Gasteiger charge is -2.30. The molecule has 10 heteroatoms. The largest absolute Gasteiger partial charge is 0.356 e. The molecule has 0 saturated carbocycles. The van der Waals surface area contributed by atoms with Gasteiger partial charge in [-0.2, -0.15) is 0 Å². The van der Waals surface area contributed by atoms with Crippen molar-refractivity contribution in [1.82, 2.24) is 20.9 Å². The first-order valence-corrected chi connectivity index (χ1v) is 11.7. The Kier molecular flexibility index (Phi) is 13.3. The van der Waals surface area contributed by atoms with Gasteiger partial charge in [0.05, 0.1) is 11.5 Å². The van der Waals surface area contributed by atoms with Crippen LogP contribution in [0.1, 0.15) is 47.0 Å². The minimum atomic E-state index is -2.97. The lowest BCUT2D eigenvalue weighted by atomic mass is 10.2. The number of hydrogen-bond acceptors (Lipinski definition) is 5. The van der Waals surface area contributed by atoms with Crippen molar-refractivity contribution in [3.05, 3.63) is 0 Å². The molecule has 1 atom stereocenters. The molecular formula is C18H38IN5O3S. The summed E-state index contributed by atoms with van der Waals surface area (Å²) in [5.41, 5.74) is 0. The van der Waals surface area contributed by atoms with Crippen molar-refractivity contribution >= 4 is 45.7 Å². The zero-order valence-corrected chi connectivity index (χ0v) is 21.0. The average Bonchev–Trinajstić information content (AvgIpc) is 2.90. The van der Waals surface area contributed by atoms with E-state index in [1.807, 2.05) is 0 Å². The summed E-state index contributed by atoms with van der Waals surface area (Å²) in [6.45, 7) is 11.1. The summed E-state index contributed by atoms with van der Waals surface area (Å²) >= 11 is 0. The molecule has 1 amide bonds. The van der Waals surface area contributed by atoms with Gasteiger partial charge in [0.1, 0.15) is 0 Å². The average molecular weight is 532 g/mol. The summed E-state index contributed by atoms with van der Waals surface area (Å²) in [5, 5.41) is 9.17. The van der Waals surface area contributed by atoms with Crippen LogP contribution in [0.5, 0.6) is 0 Å². The molecule has 3 N–H and O–H groups in total. The Bertz CT molecular complexity index is 588. The summed E-state index contributed by atoms with van der Waals surface area (Å²) in [4.78, 5) is 18.5. The van der Waals surface area contributed by atoms with Crippen molar-refractivity contribution in [3.8, 4) is 0 Å². The second kappa shape index (κ2) is 13.6. The van der Waals surface area contributed by atoms with E-state index in [0.717, 1.165) is 19.5 Å². The third kappa shape index (κ3) is 10.8. The highest BCUT2D eigenvalue weighted by Crippen LogP contribution is 2.11. The van der Waals surface area contributed by atoms with Crippen LogP contribution in [0.25, 0.3) is 0 Å². The number of nitrogens with zero attached hydrogens (tertiary/aromatic N) is 2. The van der Waals surface area contributed by atoms with Gasteiger partial charge in [0, 0.05) is 51.2 Å². The summed E-state index contributed by atoms with van der Waals surface area (Å²) < 4.78 is 22.8. The van der Waals surface area contributed by atoms with Crippen molar-refractivity contribution in [3.63, 3.8) is 0 Å². The summed E-state index contributed by atoms with van der Waals surface area (Å²) in [6.07, 6.45) is 1.80. The van der Waals surface area contributed by atoms with Gasteiger partial charge in [-0.3, -0.25) is 14.7 Å². The number of carbonyl (C=O) groups excluding carboxylic acids is 1. The van der Waals surface area contributed by atoms with Gasteiger partial charge >= 0.3 is 0 Å². The summed E-state index contributed by atoms with van der Waals surface area (Å²) in [7, 11) is -1.27. The van der Waals surface area contributed by atoms with Crippen molar-refractivity contribution in [2.75, 3.05) is 38.2 Å². The van der Waals surface area contributed by atoms with Gasteiger partial charge in [0.2, 0.25) is 5.91 Å². The molecule has 166 valence electrons. The van der Waals surface area contributed by atoms with E-state index in [4.69, 9.17) is 0 Å². The molecule has 0 aromatic heterocycles. The Morgan fingerprint density at radius 3 is 2.25 bits per heavy atom. The predicted molar refractivity (Wildman–Crippen MR) is 126 cm³/mol. The highest BCUT2D eigenvalue weighted by Gasteiger charge is 2.28. The van der Waals surface area contributed by atoms with Crippen LogP contribution < -0.4 is 16.0 Å². The quantitative estimate of drug-likeness (QED) is 0.168. The van der Waals surface area contributed by atoms with Crippen molar-refractivity contribution < 1.29 is 13.2 Å². The lowest BCUT2D eigenvalue weighted by Crippen LogP contribution is -2.42. The molecule has 0 aromatic rings. The lowest BCUT2D eigenvalue weighted by molar-refractivity contribution is -0.121. The van der Waals surface area contributed by atoms with Gasteiger partial charge in [0.15, 0.2) is 15.8 Å². The molecular weight excluding hydrogens is 493 g/mol. The van der Waals surface area contributed by atoms with Crippen LogP contribution in [-0.4, -0.2) is 81.5 Å². The number of sulfone groups is 1. The minimum absolute atomic E-state index is 0. The van der Waals surface area contributed by atoms with E-state index < -0.39 is 9.84 Å². The van der Waals surface area contributed by atoms with E-state index in [0.29, 0.717) is 31.0 Å². The molecule has 1 heterocycles. The Balaban J connectivity index is 0.00000729. The summed E-state index contributed by atoms with van der Waals surface area (Å²) in [5.74, 6) is 0.758. The van der Waals surface area contributed by atoms with Crippen LogP contribution in [0, 0.1) is 0 Å². The van der Waals surface area contributed by atoms with E-state index in [1.54, 1.807) is 7.05 Å². The molecule has 1 aliphatic heterocycles. The Labute approximate surface area is 187 Å². The zero-order valence-electron chi connectivity index (χ0n) is 17.8. The van der Waals surface area contributed by atoms with E-state index >= 15 is 0 Å². The fourth-order valence-corrected chi connectivity index (χ4v) is 4.98. The summed E-state index contributed by atoms with van der Waals surface area (Å²) in [6, 6.07) is 0.802. The molecule has 0 radical (unpaired) electrons. The van der Waals surface area contributed by atoms with E-state index in [-0.39, 0.29) is 53.9 Å². The third-order valence-corrected chi connectivity index (χ3v) is 6.45. The maximum absolute atomic E-state index is 11.9. The van der Waals surface area contributed by atoms with Gasteiger partial charge in [-0.15, -0.1) is 24.0 Å². The van der Waals surface area contributed by atoms with Gasteiger partial charge in [-0.1, -0.05) is 0 Å². The highest BCUT2D eigenvalue weighted by molar-refractivity contribution is 14.0. The molecule has 1 unspecified atom stereocenters. The monoisotopic (exact) mass is 531 g/mol. The normalized spacial score (nSPS) is 19.0. The van der Waals surface area contributed by atoms with Gasteiger partial charge in [0.25, 0.3) is 0 Å². The molecule has 8 nitrogen and oxygen atoms in total. The van der Waals surface area contributed by atoms with Crippen molar-refractivity contribution in [2.24, 2.45) is 4.99 Å². The van der Waals surface area contributed by atoms with Gasteiger partial charge < -0.3 is 16.0 Å². The molecule has 0 aromatic carbocycles. The van der Waals surface area contributed by atoms with E-state index in [2.05, 4.69) is 53.5 Å². The number of nitrogens with one attached hydrogen (secondary N) is 3. The van der Waals surface area contributed by atoms with Gasteiger partial charge in [-0.25, -0.2) is 8.42 Å². The Morgan fingerprint density at radius 1 is 1.14 bits per heavy atom. The van der Waals surface area contributed by atoms with Crippen LogP contribution in [0.4, 0.5) is 0 Å². The highest BCUT2D eigenvalue weighted by atomic mass is 127. The standard InChI is InChI=1S/C18H37N5O3S.HI/c1-14(2)23(15(3)4)11-6-9-20-18(19-5)21-10-7-17(24)22-16-8-12-27(25,26)13-16;/h14-16H,6-13H2,1-5H3,(H,22,24)(H2,19,20,21);1H. The Hall–Kier alpha value is -0.620. The van der Waals surface area contributed by atoms with Crippen LogP contribution in [0.2, 0.25) is 0 Å². The van der Waals surface area contributed by atoms with Crippen molar-refractivity contribution in [2.45, 2.75) is 65.1 Å². The van der Waals surface area contributed by atoms with Crippen molar-refractivity contribution in [1.29, 1.82) is 0 Å². The number of carbonyl (C=O) groups is 1. The molecule has 0 bridgehead atoms. The maximum atomic E-state index is 11.9. The first-order valence-electron chi connectivity index (χ1n) is 9.84. The minimum Gasteiger partial charge on any atom is -0.356 e. The molecule has 1 aliphatic rings. The van der Waals surface area contributed by atoms with Gasteiger partial charge in [-0.05, 0) is 40.5 Å². The third-order valence-electron chi connectivity index (χ3n) is 4.68. The number of halogens is 1. The van der Waals surface area contributed by atoms with Crippen LogP contribution >= 0.6 is 24.0 Å². The fourth-order valence-electron chi connectivity index (χ4n) is 3.30. The second-order valence-electron chi connectivity index (χ2n) is 7.62.